The predicted molar refractivity (Wildman–Crippen MR) is 93.2 cm³/mol. The number of esters is 1. The lowest BCUT2D eigenvalue weighted by Crippen LogP contribution is -2.62. The van der Waals surface area contributed by atoms with E-state index in [1.54, 1.807) is 0 Å². The SMILES string of the molecule is COC(=O)C1CCCCC1NC(=O)C1CCC(N2CNC(C)C2)NN1. The molecule has 1 amide bonds. The van der Waals surface area contributed by atoms with Gasteiger partial charge in [0, 0.05) is 25.3 Å². The van der Waals surface area contributed by atoms with Crippen molar-refractivity contribution in [3.05, 3.63) is 0 Å². The number of hydrogen-bond donors (Lipinski definition) is 4. The molecule has 8 nitrogen and oxygen atoms in total. The molecular weight excluding hydrogens is 322 g/mol. The van der Waals surface area contributed by atoms with Crippen molar-refractivity contribution in [3.8, 4) is 0 Å². The van der Waals surface area contributed by atoms with Crippen LogP contribution in [0.4, 0.5) is 0 Å². The summed E-state index contributed by atoms with van der Waals surface area (Å²) in [4.78, 5) is 26.9. The van der Waals surface area contributed by atoms with Crippen molar-refractivity contribution in [2.24, 2.45) is 5.92 Å². The number of methoxy groups -OCH3 is 1. The quantitative estimate of drug-likeness (QED) is 0.514. The van der Waals surface area contributed by atoms with E-state index >= 15 is 0 Å². The molecule has 3 fully saturated rings. The molecule has 0 aromatic rings. The van der Waals surface area contributed by atoms with Crippen molar-refractivity contribution in [1.29, 1.82) is 0 Å². The van der Waals surface area contributed by atoms with Gasteiger partial charge in [0.05, 0.1) is 19.2 Å². The summed E-state index contributed by atoms with van der Waals surface area (Å²) in [6.07, 6.45) is 5.63. The van der Waals surface area contributed by atoms with E-state index in [0.29, 0.717) is 6.04 Å². The first-order valence-corrected chi connectivity index (χ1v) is 9.45. The second kappa shape index (κ2) is 8.44. The van der Waals surface area contributed by atoms with Crippen LogP contribution in [0.5, 0.6) is 0 Å². The van der Waals surface area contributed by atoms with Gasteiger partial charge in [-0.1, -0.05) is 12.8 Å². The number of nitrogens with one attached hydrogen (secondary N) is 4. The summed E-state index contributed by atoms with van der Waals surface area (Å²) in [5.41, 5.74) is 6.44. The molecule has 0 aromatic heterocycles. The third kappa shape index (κ3) is 4.49. The molecule has 0 aromatic carbocycles. The Morgan fingerprint density at radius 3 is 2.56 bits per heavy atom. The van der Waals surface area contributed by atoms with Gasteiger partial charge in [0.1, 0.15) is 6.04 Å². The number of hydrazine groups is 1. The van der Waals surface area contributed by atoms with Crippen molar-refractivity contribution in [2.45, 2.75) is 69.7 Å². The molecule has 8 heteroatoms. The first-order chi connectivity index (χ1) is 12.1. The average molecular weight is 353 g/mol. The second-order valence-corrected chi connectivity index (χ2v) is 7.50. The van der Waals surface area contributed by atoms with E-state index in [9.17, 15) is 9.59 Å². The Kier molecular flexibility index (Phi) is 6.27. The fraction of sp³-hybridized carbons (Fsp3) is 0.882. The largest absolute Gasteiger partial charge is 0.469 e. The monoisotopic (exact) mass is 353 g/mol. The van der Waals surface area contributed by atoms with Crippen LogP contribution in [0.1, 0.15) is 45.4 Å². The molecule has 0 spiro atoms. The van der Waals surface area contributed by atoms with Gasteiger partial charge in [0.2, 0.25) is 5.91 Å². The maximum absolute atomic E-state index is 12.6. The lowest BCUT2D eigenvalue weighted by Gasteiger charge is -2.37. The summed E-state index contributed by atoms with van der Waals surface area (Å²) in [5.74, 6) is -0.459. The maximum atomic E-state index is 12.6. The standard InChI is InChI=1S/C17H31N5O3/c1-11-9-22(10-18-11)15-8-7-14(20-21-15)16(23)19-13-6-4-3-5-12(13)17(24)25-2/h11-15,18,20-21H,3-10H2,1-2H3,(H,19,23). The van der Waals surface area contributed by atoms with Gasteiger partial charge in [-0.2, -0.15) is 0 Å². The smallest absolute Gasteiger partial charge is 0.310 e. The van der Waals surface area contributed by atoms with Crippen LogP contribution in [0.3, 0.4) is 0 Å². The summed E-state index contributed by atoms with van der Waals surface area (Å²) >= 11 is 0. The number of rotatable bonds is 4. The van der Waals surface area contributed by atoms with Gasteiger partial charge in [-0.3, -0.25) is 14.5 Å². The lowest BCUT2D eigenvalue weighted by atomic mass is 9.84. The minimum atomic E-state index is -0.260. The highest BCUT2D eigenvalue weighted by Crippen LogP contribution is 2.26. The van der Waals surface area contributed by atoms with Crippen LogP contribution in [0.2, 0.25) is 0 Å². The summed E-state index contributed by atoms with van der Waals surface area (Å²) in [6, 6.07) is 0.130. The van der Waals surface area contributed by atoms with Gasteiger partial charge in [-0.25, -0.2) is 10.9 Å². The maximum Gasteiger partial charge on any atom is 0.310 e. The lowest BCUT2D eigenvalue weighted by molar-refractivity contribution is -0.148. The molecule has 4 N–H and O–H groups in total. The molecular formula is C17H31N5O3. The normalized spacial score (nSPS) is 36.8. The van der Waals surface area contributed by atoms with Crippen molar-refractivity contribution in [2.75, 3.05) is 20.3 Å². The molecule has 5 unspecified atom stereocenters. The van der Waals surface area contributed by atoms with Crippen LogP contribution in [0, 0.1) is 5.92 Å². The Bertz CT molecular complexity index is 481. The molecule has 3 rings (SSSR count). The van der Waals surface area contributed by atoms with Crippen LogP contribution in [0.25, 0.3) is 0 Å². The highest BCUT2D eigenvalue weighted by molar-refractivity contribution is 5.83. The van der Waals surface area contributed by atoms with Gasteiger partial charge in [0.15, 0.2) is 0 Å². The Morgan fingerprint density at radius 2 is 1.92 bits per heavy atom. The van der Waals surface area contributed by atoms with Gasteiger partial charge in [-0.05, 0) is 32.6 Å². The molecule has 3 aliphatic rings. The fourth-order valence-corrected chi connectivity index (χ4v) is 4.15. The Balaban J connectivity index is 1.48. The van der Waals surface area contributed by atoms with Gasteiger partial charge < -0.3 is 15.4 Å². The fourth-order valence-electron chi connectivity index (χ4n) is 4.15. The van der Waals surface area contributed by atoms with Crippen LogP contribution in [-0.2, 0) is 14.3 Å². The van der Waals surface area contributed by atoms with E-state index in [2.05, 4.69) is 33.3 Å². The average Bonchev–Trinajstić information content (AvgIpc) is 3.08. The van der Waals surface area contributed by atoms with Crippen LogP contribution < -0.4 is 21.5 Å². The molecule has 1 saturated carbocycles. The molecule has 0 radical (unpaired) electrons. The number of carbonyl (C=O) groups is 2. The summed E-state index contributed by atoms with van der Waals surface area (Å²) in [6.45, 7) is 4.06. The molecule has 2 saturated heterocycles. The number of nitrogens with zero attached hydrogens (tertiary/aromatic N) is 1. The van der Waals surface area contributed by atoms with E-state index in [1.165, 1.54) is 7.11 Å². The first-order valence-electron chi connectivity index (χ1n) is 9.45. The van der Waals surface area contributed by atoms with Crippen molar-refractivity contribution >= 4 is 11.9 Å². The van der Waals surface area contributed by atoms with E-state index in [4.69, 9.17) is 4.74 Å². The number of hydrogen-bond acceptors (Lipinski definition) is 7. The molecule has 25 heavy (non-hydrogen) atoms. The Morgan fingerprint density at radius 1 is 1.12 bits per heavy atom. The Hall–Kier alpha value is -1.22. The number of carbonyl (C=O) groups excluding carboxylic acids is 2. The third-order valence-corrected chi connectivity index (χ3v) is 5.66. The van der Waals surface area contributed by atoms with E-state index in [-0.39, 0.29) is 36.0 Å². The highest BCUT2D eigenvalue weighted by atomic mass is 16.5. The minimum absolute atomic E-state index is 0.0281. The first kappa shape index (κ1) is 18.6. The van der Waals surface area contributed by atoms with Crippen molar-refractivity contribution in [3.63, 3.8) is 0 Å². The van der Waals surface area contributed by atoms with E-state index in [1.807, 2.05) is 0 Å². The third-order valence-electron chi connectivity index (χ3n) is 5.66. The van der Waals surface area contributed by atoms with Gasteiger partial charge >= 0.3 is 5.97 Å². The number of amides is 1. The number of ether oxygens (including phenoxy) is 1. The van der Waals surface area contributed by atoms with E-state index < -0.39 is 0 Å². The van der Waals surface area contributed by atoms with Crippen LogP contribution >= 0.6 is 0 Å². The van der Waals surface area contributed by atoms with Crippen LogP contribution in [0.15, 0.2) is 0 Å². The second-order valence-electron chi connectivity index (χ2n) is 7.50. The minimum Gasteiger partial charge on any atom is -0.469 e. The van der Waals surface area contributed by atoms with E-state index in [0.717, 1.165) is 51.7 Å². The molecule has 0 bridgehead atoms. The summed E-state index contributed by atoms with van der Waals surface area (Å²) in [5, 5.41) is 6.49. The molecule has 2 aliphatic heterocycles. The zero-order valence-corrected chi connectivity index (χ0v) is 15.2. The molecule has 142 valence electrons. The highest BCUT2D eigenvalue weighted by Gasteiger charge is 2.36. The molecule has 5 atom stereocenters. The van der Waals surface area contributed by atoms with Crippen molar-refractivity contribution < 1.29 is 14.3 Å². The summed E-state index contributed by atoms with van der Waals surface area (Å²) in [7, 11) is 1.41. The van der Waals surface area contributed by atoms with Gasteiger partial charge in [0.25, 0.3) is 0 Å². The van der Waals surface area contributed by atoms with Gasteiger partial charge in [-0.15, -0.1) is 0 Å². The topological polar surface area (TPSA) is 94.7 Å². The van der Waals surface area contributed by atoms with Crippen LogP contribution in [-0.4, -0.2) is 61.4 Å². The predicted octanol–water partition coefficient (Wildman–Crippen LogP) is -0.332. The Labute approximate surface area is 149 Å². The zero-order valence-electron chi connectivity index (χ0n) is 15.2. The van der Waals surface area contributed by atoms with Crippen molar-refractivity contribution in [1.82, 2.24) is 26.4 Å². The molecule has 2 heterocycles. The zero-order chi connectivity index (χ0) is 17.8. The summed E-state index contributed by atoms with van der Waals surface area (Å²) < 4.78 is 4.90. The molecule has 1 aliphatic carbocycles.